The molecule has 0 spiro atoms. The van der Waals surface area contributed by atoms with Crippen molar-refractivity contribution < 1.29 is 13.5 Å². The third-order valence-electron chi connectivity index (χ3n) is 14.2. The smallest absolute Gasteiger partial charge is 0.179 e. The molecule has 73 heavy (non-hydrogen) atoms. The number of para-hydroxylation sites is 2. The summed E-state index contributed by atoms with van der Waals surface area (Å²) in [7, 11) is -2.93. The van der Waals surface area contributed by atoms with Crippen molar-refractivity contribution in [3.63, 3.8) is 0 Å². The first-order valence-corrected chi connectivity index (χ1v) is 26.4. The first kappa shape index (κ1) is 43.7. The van der Waals surface area contributed by atoms with Gasteiger partial charge in [-0.2, -0.15) is 0 Å². The average Bonchev–Trinajstić information content (AvgIpc) is 3.95. The molecule has 0 bridgehead atoms. The molecule has 0 unspecified atom stereocenters. The predicted octanol–water partition coefficient (Wildman–Crippen LogP) is 14.8. The van der Waals surface area contributed by atoms with Crippen LogP contribution in [0, 0.1) is 11.6 Å². The second-order valence-corrected chi connectivity index (χ2v) is 22.2. The van der Waals surface area contributed by atoms with Gasteiger partial charge in [0, 0.05) is 50.0 Å². The molecule has 2 aromatic heterocycles. The molecule has 0 radical (unpaired) electrons. The van der Waals surface area contributed by atoms with Crippen LogP contribution in [0.25, 0.3) is 55.0 Å². The van der Waals surface area contributed by atoms with Gasteiger partial charge in [-0.1, -0.05) is 140 Å². The molecule has 0 fully saturated rings. The number of ether oxygens (including phenoxy) is 1. The van der Waals surface area contributed by atoms with Gasteiger partial charge < -0.3 is 18.8 Å². The highest BCUT2D eigenvalue weighted by Gasteiger charge is 2.41. The highest BCUT2D eigenvalue weighted by molar-refractivity contribution is 7.20. The average molecular weight is 962 g/mol. The number of anilines is 3. The van der Waals surface area contributed by atoms with E-state index in [1.807, 2.05) is 72.8 Å². The van der Waals surface area contributed by atoms with Crippen LogP contribution in [0.5, 0.6) is 11.5 Å². The molecule has 7 heteroatoms. The van der Waals surface area contributed by atoms with Crippen LogP contribution in [0.2, 0.25) is 0 Å². The van der Waals surface area contributed by atoms with Crippen LogP contribution in [0.4, 0.5) is 25.8 Å². The number of benzene rings is 11. The van der Waals surface area contributed by atoms with Crippen molar-refractivity contribution in [2.45, 2.75) is 0 Å². The van der Waals surface area contributed by atoms with E-state index in [-0.39, 0.29) is 11.6 Å². The van der Waals surface area contributed by atoms with Crippen molar-refractivity contribution in [3.8, 4) is 22.9 Å². The van der Waals surface area contributed by atoms with Gasteiger partial charge >= 0.3 is 0 Å². The van der Waals surface area contributed by atoms with Crippen LogP contribution in [0.1, 0.15) is 0 Å². The summed E-state index contributed by atoms with van der Waals surface area (Å²) in [6.45, 7) is 0. The third kappa shape index (κ3) is 7.57. The van der Waals surface area contributed by atoms with Gasteiger partial charge in [0.25, 0.3) is 0 Å². The van der Waals surface area contributed by atoms with Gasteiger partial charge in [0.05, 0.1) is 22.1 Å². The zero-order valence-corrected chi connectivity index (χ0v) is 40.5. The summed E-state index contributed by atoms with van der Waals surface area (Å²) in [4.78, 5) is 2.30. The van der Waals surface area contributed by atoms with Gasteiger partial charge in [-0.05, 0) is 154 Å². The molecule has 0 saturated carbocycles. The van der Waals surface area contributed by atoms with E-state index in [9.17, 15) is 8.78 Å². The van der Waals surface area contributed by atoms with Gasteiger partial charge in [0.1, 0.15) is 23.1 Å². The summed E-state index contributed by atoms with van der Waals surface area (Å²) in [5.74, 6) is 0.922. The minimum Gasteiger partial charge on any atom is -0.457 e. The maximum Gasteiger partial charge on any atom is 0.179 e. The molecule has 11 aromatic carbocycles. The lowest BCUT2D eigenvalue weighted by Crippen LogP contribution is -2.74. The molecule has 13 aromatic rings. The summed E-state index contributed by atoms with van der Waals surface area (Å²) >= 11 is 0. The van der Waals surface area contributed by atoms with Crippen molar-refractivity contribution in [2.24, 2.45) is 0 Å². The van der Waals surface area contributed by atoms with Gasteiger partial charge in [-0.15, -0.1) is 0 Å². The highest BCUT2D eigenvalue weighted by Crippen LogP contribution is 2.43. The Hall–Kier alpha value is -9.30. The molecule has 348 valence electrons. The van der Waals surface area contributed by atoms with Gasteiger partial charge in [0.2, 0.25) is 0 Å². The Bertz CT molecular complexity index is 4010. The number of fused-ring (bicyclic) bond motifs is 6. The number of nitrogens with zero attached hydrogens (tertiary/aromatic N) is 3. The second-order valence-electron chi connectivity index (χ2n) is 18.4. The summed E-state index contributed by atoms with van der Waals surface area (Å²) in [6.07, 6.45) is 0. The first-order valence-electron chi connectivity index (χ1n) is 24.4. The zero-order chi connectivity index (χ0) is 48.9. The van der Waals surface area contributed by atoms with Crippen molar-refractivity contribution in [2.75, 3.05) is 4.90 Å². The van der Waals surface area contributed by atoms with E-state index in [1.165, 1.54) is 45.0 Å². The first-order chi connectivity index (χ1) is 36.0. The summed E-state index contributed by atoms with van der Waals surface area (Å²) in [5.41, 5.74) is 8.65. The van der Waals surface area contributed by atoms with E-state index in [1.54, 1.807) is 0 Å². The summed E-state index contributed by atoms with van der Waals surface area (Å²) in [6, 6.07) is 93.1. The molecule has 0 aliphatic heterocycles. The lowest BCUT2D eigenvalue weighted by atomic mass is 10.1. The fourth-order valence-electron chi connectivity index (χ4n) is 11.0. The van der Waals surface area contributed by atoms with Crippen LogP contribution >= 0.6 is 0 Å². The summed E-state index contributed by atoms with van der Waals surface area (Å²) in [5, 5.41) is 9.41. The van der Waals surface area contributed by atoms with Crippen molar-refractivity contribution >= 4 is 89.5 Å². The van der Waals surface area contributed by atoms with Crippen molar-refractivity contribution in [1.82, 2.24) is 9.13 Å². The van der Waals surface area contributed by atoms with Crippen LogP contribution in [-0.2, 0) is 0 Å². The quantitative estimate of drug-likeness (QED) is 0.0952. The lowest BCUT2D eigenvalue weighted by molar-refractivity contribution is 0.483. The topological polar surface area (TPSA) is 22.3 Å². The number of halogens is 2. The minimum absolute atomic E-state index is 0.276. The SMILES string of the molecule is Fc1ccc(-n2c3ccccc3c3cc(N(c4ccc(Oc5ccccc5)cc4)c4ccc5c(c4)c4cc([Si](c6ccccc6)(c6ccccc6)c6ccccc6)ccc4n5-c4ccc(F)cc4)ccc32)cc1. The van der Waals surface area contributed by atoms with E-state index >= 15 is 0 Å². The van der Waals surface area contributed by atoms with Gasteiger partial charge in [-0.3, -0.25) is 0 Å². The fraction of sp³-hybridized carbons (Fsp3) is 0. The van der Waals surface area contributed by atoms with E-state index in [2.05, 4.69) is 190 Å². The van der Waals surface area contributed by atoms with E-state index in [0.717, 1.165) is 83.5 Å². The Balaban J connectivity index is 1.06. The Morgan fingerprint density at radius 2 is 0.685 bits per heavy atom. The van der Waals surface area contributed by atoms with E-state index in [4.69, 9.17) is 4.74 Å². The van der Waals surface area contributed by atoms with Crippen LogP contribution < -0.4 is 30.4 Å². The number of rotatable bonds is 11. The standard InChI is InChI=1S/C66H45F2N3OSi/c67-46-25-29-49(30-26-46)70-63-24-14-13-23-59(63)60-43-51(35-40-64(60)70)69(48-33-37-54(38-34-48)72-53-15-5-1-6-16-53)52-36-41-65-61(44-52)62-45-58(39-42-66(62)71(65)50-31-27-47(68)28-32-50)73(55-17-7-2-8-18-55,56-19-9-3-10-20-56)57-21-11-4-12-22-57/h1-45H. The summed E-state index contributed by atoms with van der Waals surface area (Å²) < 4.78 is 39.7. The molecule has 0 amide bonds. The second kappa shape index (κ2) is 18.1. The van der Waals surface area contributed by atoms with Crippen molar-refractivity contribution in [3.05, 3.63) is 285 Å². The van der Waals surface area contributed by atoms with E-state index < -0.39 is 8.07 Å². The highest BCUT2D eigenvalue weighted by atomic mass is 28.3. The molecule has 13 rings (SSSR count). The van der Waals surface area contributed by atoms with Gasteiger partial charge in [0.15, 0.2) is 8.07 Å². The maximum absolute atomic E-state index is 14.7. The third-order valence-corrected chi connectivity index (χ3v) is 19.0. The fourth-order valence-corrected chi connectivity index (χ4v) is 15.8. The Morgan fingerprint density at radius 3 is 1.19 bits per heavy atom. The molecule has 0 N–H and O–H groups in total. The Labute approximate surface area is 422 Å². The number of hydrogen-bond donors (Lipinski definition) is 0. The molecule has 0 atom stereocenters. The van der Waals surface area contributed by atoms with Gasteiger partial charge in [-0.25, -0.2) is 8.78 Å². The monoisotopic (exact) mass is 961 g/mol. The molecule has 0 aliphatic rings. The zero-order valence-electron chi connectivity index (χ0n) is 39.5. The molecular formula is C66H45F2N3OSi. The van der Waals surface area contributed by atoms with Crippen LogP contribution in [-0.4, -0.2) is 17.2 Å². The van der Waals surface area contributed by atoms with Crippen LogP contribution in [0.15, 0.2) is 273 Å². The maximum atomic E-state index is 14.7. The molecule has 4 nitrogen and oxygen atoms in total. The lowest BCUT2D eigenvalue weighted by Gasteiger charge is -2.34. The Kier molecular flexibility index (Phi) is 10.9. The molecule has 0 saturated heterocycles. The molecule has 2 heterocycles. The molecule has 0 aliphatic carbocycles. The van der Waals surface area contributed by atoms with Crippen molar-refractivity contribution in [1.29, 1.82) is 0 Å². The van der Waals surface area contributed by atoms with E-state index in [0.29, 0.717) is 0 Å². The molecular weight excluding hydrogens is 917 g/mol. The minimum atomic E-state index is -2.93. The van der Waals surface area contributed by atoms with Crippen LogP contribution in [0.3, 0.4) is 0 Å². The largest absolute Gasteiger partial charge is 0.457 e. The Morgan fingerprint density at radius 1 is 0.301 bits per heavy atom. The predicted molar refractivity (Wildman–Crippen MR) is 300 cm³/mol. The number of aromatic nitrogens is 2. The normalized spacial score (nSPS) is 11.7. The number of hydrogen-bond acceptors (Lipinski definition) is 2.